The standard InChI is InChI=1S/C18H13ClN2O6S/c1-27-14-8-13(21(25)26)6-11(16(14)22)7-15-17(23)20(18(24)28-15)9-10-2-4-12(19)5-3-10/h2-8,22H,9H2,1H3/b15-7-. The summed E-state index contributed by atoms with van der Waals surface area (Å²) in [4.78, 5) is 36.4. The number of nitro groups is 1. The first-order valence-corrected chi connectivity index (χ1v) is 9.05. The summed E-state index contributed by atoms with van der Waals surface area (Å²) in [6.07, 6.45) is 1.23. The molecule has 28 heavy (non-hydrogen) atoms. The number of benzene rings is 2. The molecule has 0 spiro atoms. The first-order chi connectivity index (χ1) is 13.3. The molecule has 0 bridgehead atoms. The number of hydrogen-bond acceptors (Lipinski definition) is 7. The molecule has 0 radical (unpaired) electrons. The van der Waals surface area contributed by atoms with Crippen LogP contribution in [0.1, 0.15) is 11.1 Å². The van der Waals surface area contributed by atoms with Crippen LogP contribution in [-0.4, -0.2) is 33.2 Å². The molecule has 8 nitrogen and oxygen atoms in total. The number of nitro benzene ring substituents is 1. The molecular weight excluding hydrogens is 408 g/mol. The summed E-state index contributed by atoms with van der Waals surface area (Å²) in [5, 5.41) is 21.3. The van der Waals surface area contributed by atoms with Crippen LogP contribution in [0.5, 0.6) is 11.5 Å². The minimum Gasteiger partial charge on any atom is -0.504 e. The van der Waals surface area contributed by atoms with Crippen LogP contribution in [0.15, 0.2) is 41.3 Å². The van der Waals surface area contributed by atoms with Crippen molar-refractivity contribution in [1.29, 1.82) is 0 Å². The maximum Gasteiger partial charge on any atom is 0.293 e. The van der Waals surface area contributed by atoms with E-state index in [1.807, 2.05) is 0 Å². The highest BCUT2D eigenvalue weighted by molar-refractivity contribution is 8.18. The number of phenolic OH excluding ortho intramolecular Hbond substituents is 1. The monoisotopic (exact) mass is 420 g/mol. The molecule has 144 valence electrons. The van der Waals surface area contributed by atoms with Gasteiger partial charge in [0.1, 0.15) is 0 Å². The van der Waals surface area contributed by atoms with E-state index < -0.39 is 16.1 Å². The minimum absolute atomic E-state index is 0.00282. The molecule has 2 aromatic carbocycles. The van der Waals surface area contributed by atoms with Crippen LogP contribution in [0.2, 0.25) is 5.02 Å². The fourth-order valence-electron chi connectivity index (χ4n) is 2.54. The number of amides is 2. The van der Waals surface area contributed by atoms with E-state index in [9.17, 15) is 24.8 Å². The number of imide groups is 1. The van der Waals surface area contributed by atoms with Crippen LogP contribution in [0, 0.1) is 10.1 Å². The van der Waals surface area contributed by atoms with Crippen molar-refractivity contribution in [2.24, 2.45) is 0 Å². The lowest BCUT2D eigenvalue weighted by atomic mass is 10.1. The van der Waals surface area contributed by atoms with E-state index in [1.165, 1.54) is 13.2 Å². The van der Waals surface area contributed by atoms with Crippen molar-refractivity contribution >= 4 is 46.3 Å². The highest BCUT2D eigenvalue weighted by Crippen LogP contribution is 2.39. The third-order valence-electron chi connectivity index (χ3n) is 3.93. The molecule has 1 aliphatic heterocycles. The van der Waals surface area contributed by atoms with Gasteiger partial charge in [-0.25, -0.2) is 0 Å². The van der Waals surface area contributed by atoms with E-state index in [0.717, 1.165) is 17.0 Å². The number of methoxy groups -OCH3 is 1. The molecule has 2 aromatic rings. The Kier molecular flexibility index (Phi) is 5.57. The van der Waals surface area contributed by atoms with Crippen molar-refractivity contribution in [3.05, 3.63) is 67.6 Å². The van der Waals surface area contributed by atoms with Crippen molar-refractivity contribution in [3.8, 4) is 11.5 Å². The normalized spacial score (nSPS) is 15.4. The van der Waals surface area contributed by atoms with Crippen LogP contribution >= 0.6 is 23.4 Å². The Morgan fingerprint density at radius 2 is 1.96 bits per heavy atom. The molecule has 3 rings (SSSR count). The third kappa shape index (κ3) is 3.95. The Morgan fingerprint density at radius 3 is 2.57 bits per heavy atom. The topological polar surface area (TPSA) is 110 Å². The number of ether oxygens (including phenoxy) is 1. The zero-order valence-electron chi connectivity index (χ0n) is 14.4. The zero-order valence-corrected chi connectivity index (χ0v) is 16.0. The third-order valence-corrected chi connectivity index (χ3v) is 5.09. The van der Waals surface area contributed by atoms with E-state index in [1.54, 1.807) is 24.3 Å². The molecule has 1 heterocycles. The highest BCUT2D eigenvalue weighted by Gasteiger charge is 2.35. The second kappa shape index (κ2) is 7.91. The number of carbonyl (C=O) groups excluding carboxylic acids is 2. The smallest absolute Gasteiger partial charge is 0.293 e. The molecule has 10 heteroatoms. The van der Waals surface area contributed by atoms with E-state index in [2.05, 4.69) is 0 Å². The van der Waals surface area contributed by atoms with E-state index in [0.29, 0.717) is 22.3 Å². The summed E-state index contributed by atoms with van der Waals surface area (Å²) in [6.45, 7) is 0.0589. The lowest BCUT2D eigenvalue weighted by Gasteiger charge is -2.12. The van der Waals surface area contributed by atoms with Gasteiger partial charge in [0.15, 0.2) is 11.5 Å². The van der Waals surface area contributed by atoms with E-state index in [-0.39, 0.29) is 34.2 Å². The first kappa shape index (κ1) is 19.7. The minimum atomic E-state index is -0.647. The van der Waals surface area contributed by atoms with Gasteiger partial charge < -0.3 is 9.84 Å². The summed E-state index contributed by atoms with van der Waals surface area (Å²) >= 11 is 6.52. The van der Waals surface area contributed by atoms with E-state index in [4.69, 9.17) is 16.3 Å². The molecule has 0 aliphatic carbocycles. The highest BCUT2D eigenvalue weighted by atomic mass is 35.5. The number of carbonyl (C=O) groups is 2. The van der Waals surface area contributed by atoms with Crippen molar-refractivity contribution in [1.82, 2.24) is 4.90 Å². The molecule has 0 atom stereocenters. The number of hydrogen-bond donors (Lipinski definition) is 1. The van der Waals surface area contributed by atoms with Crippen molar-refractivity contribution in [3.63, 3.8) is 0 Å². The molecular formula is C18H13ClN2O6S. The number of halogens is 1. The van der Waals surface area contributed by atoms with Crippen LogP contribution < -0.4 is 4.74 Å². The van der Waals surface area contributed by atoms with Gasteiger partial charge in [-0.3, -0.25) is 24.6 Å². The molecule has 2 amide bonds. The van der Waals surface area contributed by atoms with Gasteiger partial charge in [0.05, 0.1) is 29.5 Å². The molecule has 1 saturated heterocycles. The largest absolute Gasteiger partial charge is 0.504 e. The average Bonchev–Trinajstić information content (AvgIpc) is 2.92. The Morgan fingerprint density at radius 1 is 1.29 bits per heavy atom. The van der Waals surface area contributed by atoms with Crippen LogP contribution in [0.4, 0.5) is 10.5 Å². The molecule has 0 aromatic heterocycles. The van der Waals surface area contributed by atoms with Gasteiger partial charge in [0.25, 0.3) is 16.8 Å². The predicted molar refractivity (Wildman–Crippen MR) is 104 cm³/mol. The van der Waals surface area contributed by atoms with Gasteiger partial charge in [0, 0.05) is 16.7 Å². The number of aromatic hydroxyl groups is 1. The lowest BCUT2D eigenvalue weighted by Crippen LogP contribution is -2.27. The number of nitrogens with zero attached hydrogens (tertiary/aromatic N) is 2. The fraction of sp³-hybridized carbons (Fsp3) is 0.111. The van der Waals surface area contributed by atoms with E-state index >= 15 is 0 Å². The molecule has 1 N–H and O–H groups in total. The summed E-state index contributed by atoms with van der Waals surface area (Å²) < 4.78 is 4.94. The molecule has 1 aliphatic rings. The molecule has 0 unspecified atom stereocenters. The Balaban J connectivity index is 1.92. The first-order valence-electron chi connectivity index (χ1n) is 7.85. The van der Waals surface area contributed by atoms with Crippen molar-refractivity contribution in [2.75, 3.05) is 7.11 Å². The number of phenols is 1. The average molecular weight is 421 g/mol. The maximum atomic E-state index is 12.6. The van der Waals surface area contributed by atoms with Crippen LogP contribution in [0.25, 0.3) is 6.08 Å². The summed E-state index contributed by atoms with van der Waals surface area (Å²) in [7, 11) is 1.25. The maximum absolute atomic E-state index is 12.6. The van der Waals surface area contributed by atoms with Gasteiger partial charge in [0.2, 0.25) is 0 Å². The van der Waals surface area contributed by atoms with Crippen LogP contribution in [-0.2, 0) is 11.3 Å². The second-order valence-corrected chi connectivity index (χ2v) is 7.17. The number of rotatable bonds is 5. The summed E-state index contributed by atoms with van der Waals surface area (Å²) in [6, 6.07) is 8.88. The quantitative estimate of drug-likeness (QED) is 0.438. The lowest BCUT2D eigenvalue weighted by molar-refractivity contribution is -0.385. The Labute approximate surface area is 168 Å². The zero-order chi connectivity index (χ0) is 20.4. The number of thioether (sulfide) groups is 1. The SMILES string of the molecule is COc1cc([N+](=O)[O-])cc(/C=C2\SC(=O)N(Cc3ccc(Cl)cc3)C2=O)c1O. The van der Waals surface area contributed by atoms with Crippen molar-refractivity contribution < 1.29 is 24.4 Å². The summed E-state index contributed by atoms with van der Waals surface area (Å²) in [5.74, 6) is -1.03. The predicted octanol–water partition coefficient (Wildman–Crippen LogP) is 4.20. The Hall–Kier alpha value is -3.04. The molecule has 1 fully saturated rings. The summed E-state index contributed by atoms with van der Waals surface area (Å²) in [5.41, 5.74) is 0.400. The van der Waals surface area contributed by atoms with Gasteiger partial charge >= 0.3 is 0 Å². The molecule has 0 saturated carbocycles. The van der Waals surface area contributed by atoms with Gasteiger partial charge in [-0.15, -0.1) is 0 Å². The van der Waals surface area contributed by atoms with Crippen molar-refractivity contribution in [2.45, 2.75) is 6.54 Å². The van der Waals surface area contributed by atoms with Gasteiger partial charge in [-0.1, -0.05) is 23.7 Å². The fourth-order valence-corrected chi connectivity index (χ4v) is 3.49. The van der Waals surface area contributed by atoms with Gasteiger partial charge in [-0.2, -0.15) is 0 Å². The van der Waals surface area contributed by atoms with Crippen LogP contribution in [0.3, 0.4) is 0 Å². The second-order valence-electron chi connectivity index (χ2n) is 5.74. The number of non-ortho nitro benzene ring substituents is 1. The van der Waals surface area contributed by atoms with Gasteiger partial charge in [-0.05, 0) is 35.5 Å². The Bertz CT molecular complexity index is 1010.